The first-order valence-corrected chi connectivity index (χ1v) is 15.1. The number of sulfonamides is 1. The number of carbonyl (C=O) groups excluding carboxylic acids is 2. The predicted octanol–water partition coefficient (Wildman–Crippen LogP) is 5.90. The summed E-state index contributed by atoms with van der Waals surface area (Å²) in [7, 11) is -4.32. The third-order valence-electron chi connectivity index (χ3n) is 7.93. The van der Waals surface area contributed by atoms with Crippen molar-refractivity contribution in [2.24, 2.45) is 4.40 Å². The van der Waals surface area contributed by atoms with Crippen LogP contribution in [0, 0.1) is 6.92 Å². The van der Waals surface area contributed by atoms with Crippen molar-refractivity contribution in [1.82, 2.24) is 9.13 Å². The molecule has 212 valence electrons. The molecule has 1 aliphatic heterocycles. The van der Waals surface area contributed by atoms with Crippen LogP contribution in [0.4, 0.5) is 0 Å². The Morgan fingerprint density at radius 2 is 1.56 bits per heavy atom. The second-order valence-electron chi connectivity index (χ2n) is 10.6. The summed E-state index contributed by atoms with van der Waals surface area (Å²) < 4.78 is 35.1. The lowest BCUT2D eigenvalue weighted by Crippen LogP contribution is -2.24. The van der Waals surface area contributed by atoms with E-state index < -0.39 is 15.8 Å². The lowest BCUT2D eigenvalue weighted by Gasteiger charge is -2.13. The number of hydrogen-bond donors (Lipinski definition) is 1. The fourth-order valence-corrected chi connectivity index (χ4v) is 6.99. The van der Waals surface area contributed by atoms with Gasteiger partial charge in [-0.15, -0.1) is 0 Å². The topological polar surface area (TPSA) is 111 Å². The molecule has 0 atom stereocenters. The lowest BCUT2D eigenvalue weighted by molar-refractivity contribution is -0.113. The Labute approximate surface area is 247 Å². The highest BCUT2D eigenvalue weighted by Crippen LogP contribution is 2.47. The van der Waals surface area contributed by atoms with E-state index in [-0.39, 0.29) is 35.1 Å². The number of nitrogens with zero attached hydrogens (tertiary/aromatic N) is 3. The van der Waals surface area contributed by atoms with E-state index in [1.165, 1.54) is 12.1 Å². The largest absolute Gasteiger partial charge is 0.505 e. The van der Waals surface area contributed by atoms with E-state index in [2.05, 4.69) is 4.40 Å². The Balaban J connectivity index is 1.64. The van der Waals surface area contributed by atoms with E-state index in [0.29, 0.717) is 38.6 Å². The smallest absolute Gasteiger partial charge is 0.283 e. The third kappa shape index (κ3) is 4.20. The molecule has 1 aliphatic rings. The van der Waals surface area contributed by atoms with Crippen LogP contribution in [0.5, 0.6) is 5.75 Å². The van der Waals surface area contributed by atoms with E-state index in [1.54, 1.807) is 51.6 Å². The highest BCUT2D eigenvalue weighted by molar-refractivity contribution is 7.90. The SMILES string of the molecule is Cc1ccc(S(=O)(=O)/N=C2\C(=O)Cn3c(c(O)c4ccccc43)-c3c2n(Cc2ccccc2)c2c(C=O)cccc32)cc1. The molecule has 4 aromatic carbocycles. The fourth-order valence-electron chi connectivity index (χ4n) is 5.97. The number of fused-ring (bicyclic) bond motifs is 7. The zero-order valence-corrected chi connectivity index (χ0v) is 23.9. The molecule has 3 heterocycles. The summed E-state index contributed by atoms with van der Waals surface area (Å²) in [4.78, 5) is 26.6. The van der Waals surface area contributed by atoms with Crippen LogP contribution in [-0.4, -0.2) is 40.4 Å². The highest BCUT2D eigenvalue weighted by Gasteiger charge is 2.36. The molecule has 9 heteroatoms. The molecule has 0 aliphatic carbocycles. The Bertz CT molecular complexity index is 2240. The van der Waals surface area contributed by atoms with Gasteiger partial charge in [0.15, 0.2) is 6.29 Å². The highest BCUT2D eigenvalue weighted by atomic mass is 32.2. The quantitative estimate of drug-likeness (QED) is 0.253. The van der Waals surface area contributed by atoms with E-state index in [1.807, 2.05) is 49.4 Å². The van der Waals surface area contributed by atoms with Crippen LogP contribution in [0.1, 0.15) is 27.2 Å². The van der Waals surface area contributed by atoms with E-state index in [0.717, 1.165) is 17.4 Å². The molecule has 6 aromatic rings. The molecule has 8 nitrogen and oxygen atoms in total. The maximum absolute atomic E-state index is 14.2. The van der Waals surface area contributed by atoms with Crippen LogP contribution in [0.25, 0.3) is 33.1 Å². The number of hydrogen-bond acceptors (Lipinski definition) is 5. The number of carbonyl (C=O) groups is 2. The molecule has 0 unspecified atom stereocenters. The van der Waals surface area contributed by atoms with Crippen LogP contribution < -0.4 is 0 Å². The molecule has 7 rings (SSSR count). The predicted molar refractivity (Wildman–Crippen MR) is 165 cm³/mol. The van der Waals surface area contributed by atoms with Gasteiger partial charge in [-0.2, -0.15) is 12.8 Å². The van der Waals surface area contributed by atoms with Gasteiger partial charge < -0.3 is 14.2 Å². The third-order valence-corrected chi connectivity index (χ3v) is 9.22. The molecule has 0 radical (unpaired) electrons. The van der Waals surface area contributed by atoms with Crippen molar-refractivity contribution in [3.05, 3.63) is 119 Å². The van der Waals surface area contributed by atoms with Crippen molar-refractivity contribution in [3.63, 3.8) is 0 Å². The van der Waals surface area contributed by atoms with Crippen LogP contribution in [0.2, 0.25) is 0 Å². The fraction of sp³-hybridized carbons (Fsp3) is 0.0882. The second-order valence-corrected chi connectivity index (χ2v) is 12.2. The number of aldehydes is 1. The summed E-state index contributed by atoms with van der Waals surface area (Å²) in [5.41, 5.74) is 4.00. The zero-order valence-electron chi connectivity index (χ0n) is 23.1. The molecule has 1 N–H and O–H groups in total. The zero-order chi connectivity index (χ0) is 29.9. The number of Topliss-reactive ketones (excluding diaryl/α,β-unsaturated/α-hetero) is 1. The number of aromatic hydroxyl groups is 1. The van der Waals surface area contributed by atoms with Crippen molar-refractivity contribution in [2.75, 3.05) is 0 Å². The maximum Gasteiger partial charge on any atom is 0.283 e. The molecule has 0 spiro atoms. The van der Waals surface area contributed by atoms with Gasteiger partial charge in [0.2, 0.25) is 5.78 Å². The molecule has 0 saturated heterocycles. The molecular weight excluding hydrogens is 562 g/mol. The van der Waals surface area contributed by atoms with Gasteiger partial charge in [0.05, 0.1) is 33.9 Å². The van der Waals surface area contributed by atoms with E-state index in [4.69, 9.17) is 0 Å². The van der Waals surface area contributed by atoms with Gasteiger partial charge in [-0.1, -0.05) is 72.3 Å². The van der Waals surface area contributed by atoms with Gasteiger partial charge in [-0.05, 0) is 42.8 Å². The Hall–Kier alpha value is -5.28. The van der Waals surface area contributed by atoms with Crippen LogP contribution in [0.15, 0.2) is 106 Å². The van der Waals surface area contributed by atoms with Gasteiger partial charge in [-0.25, -0.2) is 0 Å². The Kier molecular flexibility index (Phi) is 6.14. The average molecular weight is 588 g/mol. The van der Waals surface area contributed by atoms with Gasteiger partial charge in [0, 0.05) is 28.4 Å². The maximum atomic E-state index is 14.2. The van der Waals surface area contributed by atoms with Crippen molar-refractivity contribution in [2.45, 2.75) is 24.9 Å². The second kappa shape index (κ2) is 9.92. The first-order chi connectivity index (χ1) is 20.8. The van der Waals surface area contributed by atoms with Crippen LogP contribution >= 0.6 is 0 Å². The number of benzene rings is 4. The minimum atomic E-state index is -4.32. The normalized spacial score (nSPS) is 14.2. The Morgan fingerprint density at radius 3 is 2.30 bits per heavy atom. The molecule has 0 fully saturated rings. The number of aryl methyl sites for hydroxylation is 1. The van der Waals surface area contributed by atoms with E-state index >= 15 is 0 Å². The minimum absolute atomic E-state index is 0.0393. The monoisotopic (exact) mass is 587 g/mol. The molecule has 0 bridgehead atoms. The molecule has 43 heavy (non-hydrogen) atoms. The van der Waals surface area contributed by atoms with Gasteiger partial charge >= 0.3 is 0 Å². The Morgan fingerprint density at radius 1 is 0.860 bits per heavy atom. The summed E-state index contributed by atoms with van der Waals surface area (Å²) in [5.74, 6) is -0.580. The van der Waals surface area contributed by atoms with Crippen LogP contribution in [-0.2, 0) is 27.9 Å². The summed E-state index contributed by atoms with van der Waals surface area (Å²) in [6.07, 6.45) is 0.736. The number of aromatic nitrogens is 2. The molecule has 0 saturated carbocycles. The summed E-state index contributed by atoms with van der Waals surface area (Å²) in [5, 5.41) is 12.8. The van der Waals surface area contributed by atoms with Gasteiger partial charge in [-0.3, -0.25) is 9.59 Å². The average Bonchev–Trinajstić information content (AvgIpc) is 3.42. The first kappa shape index (κ1) is 26.6. The minimum Gasteiger partial charge on any atom is -0.505 e. The number of ketones is 1. The standard InChI is InChI=1S/C34H25N3O5S/c1-21-14-16-24(17-15-21)43(41,42)35-30-28(39)19-36-27-13-6-5-11-25(27)34(40)33(36)29-26-12-7-10-23(20-38)31(26)37(32(29)30)18-22-8-3-2-4-9-22/h2-17,20,40H,18-19H2,1H3/b35-30+. The molecule has 0 amide bonds. The summed E-state index contributed by atoms with van der Waals surface area (Å²) >= 11 is 0. The van der Waals surface area contributed by atoms with Gasteiger partial charge in [0.25, 0.3) is 10.0 Å². The molecule has 2 aromatic heterocycles. The van der Waals surface area contributed by atoms with Crippen molar-refractivity contribution >= 4 is 49.6 Å². The van der Waals surface area contributed by atoms with Crippen molar-refractivity contribution in [1.29, 1.82) is 0 Å². The van der Waals surface area contributed by atoms with Crippen molar-refractivity contribution < 1.29 is 23.1 Å². The van der Waals surface area contributed by atoms with E-state index in [9.17, 15) is 23.1 Å². The van der Waals surface area contributed by atoms with Crippen molar-refractivity contribution in [3.8, 4) is 17.0 Å². The first-order valence-electron chi connectivity index (χ1n) is 13.7. The summed E-state index contributed by atoms with van der Waals surface area (Å²) in [6, 6.07) is 28.1. The molecular formula is C34H25N3O5S. The van der Waals surface area contributed by atoms with Crippen LogP contribution in [0.3, 0.4) is 0 Å². The summed E-state index contributed by atoms with van der Waals surface area (Å²) in [6.45, 7) is 1.82. The number of para-hydroxylation sites is 2. The lowest BCUT2D eigenvalue weighted by atomic mass is 10.0. The van der Waals surface area contributed by atoms with Gasteiger partial charge in [0.1, 0.15) is 11.5 Å². The number of rotatable bonds is 5.